The van der Waals surface area contributed by atoms with E-state index in [1.54, 1.807) is 13.8 Å². The molecule has 0 aromatic heterocycles. The molecule has 0 amide bonds. The minimum absolute atomic E-state index is 0.320. The standard InChI is InChI=1S/C11H14F2N2O3/c1-11(2,6-16)14(3)10-8(12)4-7(15(17)18)5-9(10)13/h4-5,16H,6H2,1-3H3. The lowest BCUT2D eigenvalue weighted by atomic mass is 10.0. The van der Waals surface area contributed by atoms with Crippen molar-refractivity contribution in [2.75, 3.05) is 18.6 Å². The molecular weight excluding hydrogens is 246 g/mol. The van der Waals surface area contributed by atoms with Crippen LogP contribution in [-0.4, -0.2) is 29.2 Å². The number of rotatable bonds is 4. The van der Waals surface area contributed by atoms with E-state index in [1.807, 2.05) is 0 Å². The van der Waals surface area contributed by atoms with Gasteiger partial charge in [0.25, 0.3) is 5.69 Å². The van der Waals surface area contributed by atoms with Crippen LogP contribution in [0, 0.1) is 21.7 Å². The normalized spacial score (nSPS) is 11.4. The molecule has 0 unspecified atom stereocenters. The van der Waals surface area contributed by atoms with Crippen LogP contribution in [0.15, 0.2) is 12.1 Å². The topological polar surface area (TPSA) is 66.6 Å². The first-order chi connectivity index (χ1) is 8.20. The molecule has 0 fully saturated rings. The van der Waals surface area contributed by atoms with Gasteiger partial charge >= 0.3 is 0 Å². The van der Waals surface area contributed by atoms with Gasteiger partial charge in [0.1, 0.15) is 5.69 Å². The van der Waals surface area contributed by atoms with E-state index < -0.39 is 33.5 Å². The number of halogens is 2. The molecule has 0 saturated heterocycles. The highest BCUT2D eigenvalue weighted by molar-refractivity contribution is 5.54. The van der Waals surface area contributed by atoms with Crippen LogP contribution in [0.2, 0.25) is 0 Å². The van der Waals surface area contributed by atoms with Crippen LogP contribution in [0.4, 0.5) is 20.2 Å². The minimum Gasteiger partial charge on any atom is -0.394 e. The number of benzene rings is 1. The van der Waals surface area contributed by atoms with Crippen molar-refractivity contribution < 1.29 is 18.8 Å². The molecular formula is C11H14F2N2O3. The van der Waals surface area contributed by atoms with E-state index in [1.165, 1.54) is 11.9 Å². The second-order valence-electron chi connectivity index (χ2n) is 4.54. The van der Waals surface area contributed by atoms with Gasteiger partial charge < -0.3 is 10.0 Å². The van der Waals surface area contributed by atoms with E-state index in [0.717, 1.165) is 0 Å². The molecule has 7 heteroatoms. The van der Waals surface area contributed by atoms with Crippen LogP contribution in [0.5, 0.6) is 0 Å². The fourth-order valence-corrected chi connectivity index (χ4v) is 1.39. The smallest absolute Gasteiger partial charge is 0.275 e. The summed E-state index contributed by atoms with van der Waals surface area (Å²) in [4.78, 5) is 10.8. The second-order valence-corrected chi connectivity index (χ2v) is 4.54. The van der Waals surface area contributed by atoms with Crippen LogP contribution in [0.3, 0.4) is 0 Å². The van der Waals surface area contributed by atoms with E-state index >= 15 is 0 Å². The Morgan fingerprint density at radius 1 is 1.39 bits per heavy atom. The largest absolute Gasteiger partial charge is 0.394 e. The Labute approximate surface area is 103 Å². The molecule has 18 heavy (non-hydrogen) atoms. The van der Waals surface area contributed by atoms with Crippen LogP contribution < -0.4 is 4.90 Å². The third-order valence-electron chi connectivity index (χ3n) is 2.84. The van der Waals surface area contributed by atoms with Gasteiger partial charge in [-0.3, -0.25) is 10.1 Å². The summed E-state index contributed by atoms with van der Waals surface area (Å²) in [6, 6.07) is 1.31. The zero-order chi connectivity index (χ0) is 14.1. The summed E-state index contributed by atoms with van der Waals surface area (Å²) in [5.74, 6) is -2.07. The highest BCUT2D eigenvalue weighted by atomic mass is 19.1. The maximum atomic E-state index is 13.7. The third-order valence-corrected chi connectivity index (χ3v) is 2.84. The Morgan fingerprint density at radius 2 is 1.83 bits per heavy atom. The second kappa shape index (κ2) is 4.85. The monoisotopic (exact) mass is 260 g/mol. The Bertz CT molecular complexity index is 454. The SMILES string of the molecule is CN(c1c(F)cc([N+](=O)[O-])cc1F)C(C)(C)CO. The van der Waals surface area contributed by atoms with Crippen molar-refractivity contribution in [3.8, 4) is 0 Å². The highest BCUT2D eigenvalue weighted by Crippen LogP contribution is 2.31. The van der Waals surface area contributed by atoms with Gasteiger partial charge in [-0.05, 0) is 13.8 Å². The van der Waals surface area contributed by atoms with E-state index in [-0.39, 0.29) is 6.61 Å². The number of anilines is 1. The zero-order valence-corrected chi connectivity index (χ0v) is 10.3. The van der Waals surface area contributed by atoms with E-state index in [4.69, 9.17) is 5.11 Å². The molecule has 0 aliphatic heterocycles. The quantitative estimate of drug-likeness (QED) is 0.665. The predicted octanol–water partition coefficient (Wildman–Crippen LogP) is 2.08. The fourth-order valence-electron chi connectivity index (χ4n) is 1.39. The van der Waals surface area contributed by atoms with Gasteiger partial charge in [-0.2, -0.15) is 0 Å². The minimum atomic E-state index is -1.04. The van der Waals surface area contributed by atoms with Crippen molar-refractivity contribution in [2.24, 2.45) is 0 Å². The van der Waals surface area contributed by atoms with Crippen molar-refractivity contribution in [2.45, 2.75) is 19.4 Å². The maximum Gasteiger partial charge on any atom is 0.275 e. The number of nitro benzene ring substituents is 1. The Balaban J connectivity index is 3.31. The average Bonchev–Trinajstić information content (AvgIpc) is 2.27. The molecule has 1 N–H and O–H groups in total. The number of hydrogen-bond acceptors (Lipinski definition) is 4. The summed E-state index contributed by atoms with van der Waals surface area (Å²) in [5.41, 5.74) is -1.94. The first-order valence-corrected chi connectivity index (χ1v) is 5.19. The molecule has 0 radical (unpaired) electrons. The summed E-state index contributed by atoms with van der Waals surface area (Å²) in [6.07, 6.45) is 0. The molecule has 0 aliphatic carbocycles. The van der Waals surface area contributed by atoms with Crippen molar-refractivity contribution in [1.29, 1.82) is 0 Å². The van der Waals surface area contributed by atoms with Crippen LogP contribution in [0.25, 0.3) is 0 Å². The fraction of sp³-hybridized carbons (Fsp3) is 0.455. The van der Waals surface area contributed by atoms with Gasteiger partial charge in [0, 0.05) is 7.05 Å². The van der Waals surface area contributed by atoms with E-state index in [0.29, 0.717) is 12.1 Å². The molecule has 0 spiro atoms. The molecule has 0 bridgehead atoms. The maximum absolute atomic E-state index is 13.7. The Morgan fingerprint density at radius 3 is 2.17 bits per heavy atom. The summed E-state index contributed by atoms with van der Waals surface area (Å²) in [7, 11) is 1.41. The van der Waals surface area contributed by atoms with Crippen LogP contribution >= 0.6 is 0 Å². The molecule has 0 atom stereocenters. The first-order valence-electron chi connectivity index (χ1n) is 5.19. The summed E-state index contributed by atoms with van der Waals surface area (Å²) in [6.45, 7) is 2.86. The van der Waals surface area contributed by atoms with Crippen molar-refractivity contribution in [1.82, 2.24) is 0 Å². The lowest BCUT2D eigenvalue weighted by molar-refractivity contribution is -0.385. The zero-order valence-electron chi connectivity index (χ0n) is 10.3. The Hall–Kier alpha value is -1.76. The molecule has 0 saturated carbocycles. The summed E-state index contributed by atoms with van der Waals surface area (Å²) in [5, 5.41) is 19.6. The van der Waals surface area contributed by atoms with Crippen molar-refractivity contribution in [3.63, 3.8) is 0 Å². The molecule has 0 heterocycles. The number of aliphatic hydroxyl groups is 1. The van der Waals surface area contributed by atoms with E-state index in [2.05, 4.69) is 0 Å². The summed E-state index contributed by atoms with van der Waals surface area (Å²) >= 11 is 0. The van der Waals surface area contributed by atoms with Crippen molar-refractivity contribution >= 4 is 11.4 Å². The molecule has 5 nitrogen and oxygen atoms in total. The van der Waals surface area contributed by atoms with E-state index in [9.17, 15) is 18.9 Å². The van der Waals surface area contributed by atoms with Gasteiger partial charge in [0.15, 0.2) is 11.6 Å². The number of aliphatic hydroxyl groups excluding tert-OH is 1. The predicted molar refractivity (Wildman–Crippen MR) is 62.6 cm³/mol. The number of nitrogens with zero attached hydrogens (tertiary/aromatic N) is 2. The van der Waals surface area contributed by atoms with Gasteiger partial charge in [-0.15, -0.1) is 0 Å². The molecule has 100 valence electrons. The molecule has 1 rings (SSSR count). The lowest BCUT2D eigenvalue weighted by Gasteiger charge is -2.36. The van der Waals surface area contributed by atoms with Gasteiger partial charge in [0.05, 0.1) is 29.2 Å². The van der Waals surface area contributed by atoms with Gasteiger partial charge in [0.2, 0.25) is 0 Å². The van der Waals surface area contributed by atoms with Gasteiger partial charge in [-0.25, -0.2) is 8.78 Å². The molecule has 1 aromatic rings. The third kappa shape index (κ3) is 2.56. The number of hydrogen-bond donors (Lipinski definition) is 1. The number of likely N-dealkylation sites (N-methyl/N-ethyl adjacent to an activating group) is 1. The highest BCUT2D eigenvalue weighted by Gasteiger charge is 2.29. The summed E-state index contributed by atoms with van der Waals surface area (Å²) < 4.78 is 27.4. The Kier molecular flexibility index (Phi) is 3.85. The average molecular weight is 260 g/mol. The number of nitro groups is 1. The van der Waals surface area contributed by atoms with Gasteiger partial charge in [-0.1, -0.05) is 0 Å². The van der Waals surface area contributed by atoms with Crippen LogP contribution in [0.1, 0.15) is 13.8 Å². The molecule has 1 aromatic carbocycles. The molecule has 0 aliphatic rings. The van der Waals surface area contributed by atoms with Crippen molar-refractivity contribution in [3.05, 3.63) is 33.9 Å². The number of non-ortho nitro benzene ring substituents is 1. The lowest BCUT2D eigenvalue weighted by Crippen LogP contribution is -2.45. The van der Waals surface area contributed by atoms with Crippen LogP contribution in [-0.2, 0) is 0 Å². The first kappa shape index (κ1) is 14.3.